The minimum Gasteiger partial charge on any atom is -0.373 e. The molecule has 2 unspecified atom stereocenters. The predicted molar refractivity (Wildman–Crippen MR) is 128 cm³/mol. The molecule has 1 fully saturated rings. The van der Waals surface area contributed by atoms with Gasteiger partial charge >= 0.3 is 0 Å². The monoisotopic (exact) mass is 439 g/mol. The van der Waals surface area contributed by atoms with E-state index in [2.05, 4.69) is 16.2 Å². The van der Waals surface area contributed by atoms with Crippen LogP contribution in [0.3, 0.4) is 0 Å². The standard InChI is InChI=1S/C23H45N5O3/c1-5-7-20(16-19-8-6-9-19)27-17-21(28-26)18-29-14-15-30-22(2,3)11-13-31-23(4,25)10-12-24/h5,7,17,19-20H,6,8-16,18,24-26H2,1-4H3. The summed E-state index contributed by atoms with van der Waals surface area (Å²) in [5.74, 6) is 6.29. The molecule has 1 rings (SSSR count). The first-order valence-electron chi connectivity index (χ1n) is 11.5. The number of aliphatic imine (C=N–C) groups is 1. The Morgan fingerprint density at radius 1 is 1.13 bits per heavy atom. The molecule has 2 atom stereocenters. The van der Waals surface area contributed by atoms with Crippen LogP contribution in [0.2, 0.25) is 0 Å². The van der Waals surface area contributed by atoms with Gasteiger partial charge in [0.25, 0.3) is 0 Å². The van der Waals surface area contributed by atoms with E-state index in [1.165, 1.54) is 19.3 Å². The van der Waals surface area contributed by atoms with Crippen LogP contribution >= 0.6 is 0 Å². The smallest absolute Gasteiger partial charge is 0.115 e. The van der Waals surface area contributed by atoms with Crippen molar-refractivity contribution in [1.29, 1.82) is 0 Å². The third kappa shape index (κ3) is 13.0. The zero-order valence-corrected chi connectivity index (χ0v) is 20.0. The first kappa shape index (κ1) is 27.7. The van der Waals surface area contributed by atoms with Gasteiger partial charge in [-0.25, -0.2) is 0 Å². The molecule has 6 N–H and O–H groups in total. The molecule has 1 aliphatic rings. The van der Waals surface area contributed by atoms with E-state index < -0.39 is 5.72 Å². The molecule has 0 aromatic heterocycles. The summed E-state index contributed by atoms with van der Waals surface area (Å²) >= 11 is 0. The van der Waals surface area contributed by atoms with Gasteiger partial charge in [0, 0.05) is 12.6 Å². The second kappa shape index (κ2) is 14.7. The van der Waals surface area contributed by atoms with E-state index in [1.54, 1.807) is 6.21 Å². The molecule has 180 valence electrons. The van der Waals surface area contributed by atoms with E-state index in [0.717, 1.165) is 18.8 Å². The lowest BCUT2D eigenvalue weighted by atomic mass is 9.81. The average Bonchev–Trinajstić information content (AvgIpc) is 2.65. The summed E-state index contributed by atoms with van der Waals surface area (Å²) in [4.78, 5) is 4.65. The van der Waals surface area contributed by atoms with Crippen molar-refractivity contribution in [3.63, 3.8) is 0 Å². The van der Waals surface area contributed by atoms with Gasteiger partial charge in [0.1, 0.15) is 11.4 Å². The van der Waals surface area contributed by atoms with Gasteiger partial charge in [-0.1, -0.05) is 31.4 Å². The van der Waals surface area contributed by atoms with Gasteiger partial charge in [0.2, 0.25) is 0 Å². The molecule has 0 radical (unpaired) electrons. The highest BCUT2D eigenvalue weighted by molar-refractivity contribution is 6.31. The van der Waals surface area contributed by atoms with Crippen LogP contribution in [0.1, 0.15) is 66.2 Å². The van der Waals surface area contributed by atoms with Crippen molar-refractivity contribution in [1.82, 2.24) is 0 Å². The quantitative estimate of drug-likeness (QED) is 0.0797. The molecule has 0 amide bonds. The van der Waals surface area contributed by atoms with E-state index in [1.807, 2.05) is 33.8 Å². The summed E-state index contributed by atoms with van der Waals surface area (Å²) in [5, 5.41) is 3.80. The van der Waals surface area contributed by atoms with Gasteiger partial charge in [-0.15, -0.1) is 0 Å². The normalized spacial score (nSPS) is 19.1. The molecule has 0 heterocycles. The summed E-state index contributed by atoms with van der Waals surface area (Å²) < 4.78 is 17.3. The second-order valence-corrected chi connectivity index (χ2v) is 9.13. The molecule has 0 aromatic rings. The lowest BCUT2D eigenvalue weighted by Crippen LogP contribution is -2.42. The SMILES string of the molecule is CC=CC(CC1CCC1)N=CC(COCCOC(C)(C)CCOC(C)(N)CCN)=NN. The zero-order chi connectivity index (χ0) is 23.2. The molecule has 1 saturated carbocycles. The molecule has 0 spiro atoms. The second-order valence-electron chi connectivity index (χ2n) is 9.13. The summed E-state index contributed by atoms with van der Waals surface area (Å²) in [6.45, 7) is 10.1. The third-order valence-electron chi connectivity index (χ3n) is 5.54. The van der Waals surface area contributed by atoms with E-state index in [4.69, 9.17) is 31.5 Å². The molecule has 1 aliphatic carbocycles. The number of nitrogens with two attached hydrogens (primary N) is 3. The topological polar surface area (TPSA) is 130 Å². The van der Waals surface area contributed by atoms with Crippen LogP contribution in [0.5, 0.6) is 0 Å². The van der Waals surface area contributed by atoms with Crippen LogP contribution < -0.4 is 17.3 Å². The Hall–Kier alpha value is -1.32. The molecule has 8 heteroatoms. The maximum absolute atomic E-state index is 6.03. The van der Waals surface area contributed by atoms with Gasteiger partial charge in [-0.05, 0) is 53.0 Å². The number of nitrogens with zero attached hydrogens (tertiary/aromatic N) is 2. The molecular weight excluding hydrogens is 394 g/mol. The first-order valence-corrected chi connectivity index (χ1v) is 11.5. The average molecular weight is 440 g/mol. The van der Waals surface area contributed by atoms with Crippen LogP contribution in [-0.2, 0) is 14.2 Å². The maximum atomic E-state index is 6.03. The summed E-state index contributed by atoms with van der Waals surface area (Å²) in [5.41, 5.74) is 11.2. The predicted octanol–water partition coefficient (Wildman–Crippen LogP) is 2.75. The third-order valence-corrected chi connectivity index (χ3v) is 5.54. The number of allylic oxidation sites excluding steroid dienone is 1. The minimum absolute atomic E-state index is 0.179. The van der Waals surface area contributed by atoms with Gasteiger partial charge in [0.05, 0.1) is 38.1 Å². The Labute approximate surface area is 188 Å². The van der Waals surface area contributed by atoms with Crippen molar-refractivity contribution < 1.29 is 14.2 Å². The molecular formula is C23H45N5O3. The summed E-state index contributed by atoms with van der Waals surface area (Å²) in [7, 11) is 0. The van der Waals surface area contributed by atoms with E-state index >= 15 is 0 Å². The van der Waals surface area contributed by atoms with Crippen molar-refractivity contribution in [2.24, 2.45) is 33.3 Å². The minimum atomic E-state index is -0.697. The van der Waals surface area contributed by atoms with Crippen molar-refractivity contribution >= 4 is 11.9 Å². The van der Waals surface area contributed by atoms with Crippen LogP contribution in [0, 0.1) is 5.92 Å². The van der Waals surface area contributed by atoms with Crippen molar-refractivity contribution in [3.05, 3.63) is 12.2 Å². The van der Waals surface area contributed by atoms with Crippen molar-refractivity contribution in [3.8, 4) is 0 Å². The number of ether oxygens (including phenoxy) is 3. The highest BCUT2D eigenvalue weighted by Crippen LogP contribution is 2.31. The lowest BCUT2D eigenvalue weighted by molar-refractivity contribution is -0.0859. The van der Waals surface area contributed by atoms with Crippen LogP contribution in [-0.4, -0.2) is 62.3 Å². The van der Waals surface area contributed by atoms with E-state index in [0.29, 0.717) is 45.1 Å². The first-order chi connectivity index (χ1) is 14.7. The van der Waals surface area contributed by atoms with Gasteiger partial charge in [0.15, 0.2) is 0 Å². The number of rotatable bonds is 17. The fraction of sp³-hybridized carbons (Fsp3) is 0.826. The Morgan fingerprint density at radius 3 is 2.45 bits per heavy atom. The Morgan fingerprint density at radius 2 is 1.87 bits per heavy atom. The molecule has 0 aliphatic heterocycles. The molecule has 31 heavy (non-hydrogen) atoms. The van der Waals surface area contributed by atoms with Gasteiger partial charge < -0.3 is 31.5 Å². The van der Waals surface area contributed by atoms with E-state index in [-0.39, 0.29) is 11.6 Å². The molecule has 0 saturated heterocycles. The highest BCUT2D eigenvalue weighted by Gasteiger charge is 2.23. The molecule has 0 aromatic carbocycles. The fourth-order valence-corrected chi connectivity index (χ4v) is 3.29. The number of hydrogen-bond donors (Lipinski definition) is 3. The highest BCUT2D eigenvalue weighted by atomic mass is 16.5. The number of hydrazone groups is 1. The lowest BCUT2D eigenvalue weighted by Gasteiger charge is -2.29. The van der Waals surface area contributed by atoms with Crippen molar-refractivity contribution in [2.45, 2.75) is 83.6 Å². The fourth-order valence-electron chi connectivity index (χ4n) is 3.29. The van der Waals surface area contributed by atoms with Crippen molar-refractivity contribution in [2.75, 3.05) is 33.0 Å². The molecule has 8 nitrogen and oxygen atoms in total. The Kier molecular flexibility index (Phi) is 13.1. The zero-order valence-electron chi connectivity index (χ0n) is 20.0. The van der Waals surface area contributed by atoms with Crippen LogP contribution in [0.25, 0.3) is 0 Å². The van der Waals surface area contributed by atoms with Gasteiger partial charge in [-0.3, -0.25) is 4.99 Å². The largest absolute Gasteiger partial charge is 0.373 e. The Balaban J connectivity index is 2.26. The Bertz CT molecular complexity index is 572. The summed E-state index contributed by atoms with van der Waals surface area (Å²) in [6, 6.07) is 0.179. The van der Waals surface area contributed by atoms with Crippen LogP contribution in [0.4, 0.5) is 0 Å². The number of hydrogen-bond acceptors (Lipinski definition) is 8. The maximum Gasteiger partial charge on any atom is 0.115 e. The molecule has 0 bridgehead atoms. The van der Waals surface area contributed by atoms with E-state index in [9.17, 15) is 0 Å². The summed E-state index contributed by atoms with van der Waals surface area (Å²) in [6.07, 6.45) is 12.3. The van der Waals surface area contributed by atoms with Crippen LogP contribution in [0.15, 0.2) is 22.2 Å². The van der Waals surface area contributed by atoms with Gasteiger partial charge in [-0.2, -0.15) is 5.10 Å².